The molecule has 0 fully saturated rings. The van der Waals surface area contributed by atoms with E-state index in [-0.39, 0.29) is 6.42 Å². The van der Waals surface area contributed by atoms with Crippen molar-refractivity contribution < 1.29 is 23.9 Å². The zero-order chi connectivity index (χ0) is 14.4. The fraction of sp³-hybridized carbons (Fsp3) is 0.154. The number of hydrogen-bond donors (Lipinski definition) is 2. The molecule has 2 N–H and O–H groups in total. The Labute approximate surface area is 108 Å². The van der Waals surface area contributed by atoms with Crippen LogP contribution in [0.5, 0.6) is 0 Å². The van der Waals surface area contributed by atoms with Crippen molar-refractivity contribution in [2.24, 2.45) is 0 Å². The molecule has 0 spiro atoms. The Morgan fingerprint density at radius 3 is 2.68 bits per heavy atom. The fourth-order valence-corrected chi connectivity index (χ4v) is 1.60. The number of benzene rings is 1. The molecule has 0 bridgehead atoms. The third-order valence-corrected chi connectivity index (χ3v) is 2.55. The number of allylic oxidation sites excluding steroid dienone is 1. The van der Waals surface area contributed by atoms with Crippen molar-refractivity contribution in [2.45, 2.75) is 12.3 Å². The Morgan fingerprint density at radius 1 is 1.53 bits per heavy atom. The number of nitrogens with zero attached hydrogens (tertiary/aromatic N) is 1. The number of ketones is 1. The van der Waals surface area contributed by atoms with Gasteiger partial charge in [0.25, 0.3) is 5.78 Å². The van der Waals surface area contributed by atoms with Crippen molar-refractivity contribution in [3.05, 3.63) is 48.3 Å². The van der Waals surface area contributed by atoms with Crippen molar-refractivity contribution in [1.29, 1.82) is 5.53 Å². The minimum atomic E-state index is -1.55. The maximum atomic E-state index is 13.1. The predicted molar refractivity (Wildman–Crippen MR) is 64.6 cm³/mol. The highest BCUT2D eigenvalue weighted by atomic mass is 19.1. The van der Waals surface area contributed by atoms with Crippen molar-refractivity contribution in [3.8, 4) is 0 Å². The van der Waals surface area contributed by atoms with Crippen molar-refractivity contribution in [2.75, 3.05) is 0 Å². The summed E-state index contributed by atoms with van der Waals surface area (Å²) in [5.74, 6) is -3.33. The van der Waals surface area contributed by atoms with E-state index in [1.165, 1.54) is 24.3 Å². The van der Waals surface area contributed by atoms with E-state index < -0.39 is 29.2 Å². The molecule has 0 unspecified atom stereocenters. The Bertz CT molecular complexity index is 577. The SMILES string of the molecule is C=C[C@H](CC(=O)C(=[N+]=N)C(=O)O)c1cccc(F)c1. The average Bonchev–Trinajstić information content (AvgIpc) is 2.36. The van der Waals surface area contributed by atoms with Crippen LogP contribution in [0, 0.1) is 11.3 Å². The number of nitrogens with one attached hydrogen (secondary N) is 1. The van der Waals surface area contributed by atoms with Gasteiger partial charge < -0.3 is 5.11 Å². The largest absolute Gasteiger partial charge is 0.490 e. The summed E-state index contributed by atoms with van der Waals surface area (Å²) in [5, 5.41) is 8.69. The van der Waals surface area contributed by atoms with Gasteiger partial charge in [0, 0.05) is 12.3 Å². The maximum absolute atomic E-state index is 13.1. The molecular weight excluding hydrogens is 251 g/mol. The summed E-state index contributed by atoms with van der Waals surface area (Å²) in [5.41, 5.74) is 6.33. The Hall–Kier alpha value is -2.59. The standard InChI is InChI=1S/C13H11FN2O3/c1-2-8(9-4-3-5-10(14)6-9)7-11(17)12(16-15)13(18)19/h2-6,8,15H,1,7H2/p+1/t8-/m1/s1. The first-order valence-electron chi connectivity index (χ1n) is 5.38. The topological polar surface area (TPSA) is 92.3 Å². The average molecular weight is 263 g/mol. The van der Waals surface area contributed by atoms with Gasteiger partial charge in [-0.3, -0.25) is 4.79 Å². The highest BCUT2D eigenvalue weighted by Crippen LogP contribution is 2.21. The van der Waals surface area contributed by atoms with Crippen LogP contribution in [0.3, 0.4) is 0 Å². The fourth-order valence-electron chi connectivity index (χ4n) is 1.60. The third-order valence-electron chi connectivity index (χ3n) is 2.55. The summed E-state index contributed by atoms with van der Waals surface area (Å²) < 4.78 is 13.1. The van der Waals surface area contributed by atoms with Crippen LogP contribution in [0.25, 0.3) is 0 Å². The number of carbonyl (C=O) groups excluding carboxylic acids is 1. The number of halogens is 1. The molecule has 1 aromatic carbocycles. The lowest BCUT2D eigenvalue weighted by atomic mass is 9.92. The first-order valence-corrected chi connectivity index (χ1v) is 5.38. The van der Waals surface area contributed by atoms with Gasteiger partial charge in [0.1, 0.15) is 5.82 Å². The number of Topliss-reactive ketones (excluding diaryl/α,β-unsaturated/α-hetero) is 1. The van der Waals surface area contributed by atoms with Crippen LogP contribution in [-0.2, 0) is 9.59 Å². The van der Waals surface area contributed by atoms with Gasteiger partial charge in [0.15, 0.2) is 0 Å². The summed E-state index contributed by atoms with van der Waals surface area (Å²) in [6.45, 7) is 3.54. The minimum absolute atomic E-state index is 0.225. The van der Waals surface area contributed by atoms with Crippen LogP contribution >= 0.6 is 0 Å². The molecule has 6 heteroatoms. The minimum Gasteiger partial charge on any atom is -0.472 e. The van der Waals surface area contributed by atoms with Gasteiger partial charge >= 0.3 is 11.7 Å². The van der Waals surface area contributed by atoms with Crippen LogP contribution in [0.15, 0.2) is 36.9 Å². The lowest BCUT2D eigenvalue weighted by Crippen LogP contribution is -2.26. The lowest BCUT2D eigenvalue weighted by molar-refractivity contribution is -0.153. The Balaban J connectivity index is 2.95. The molecule has 1 rings (SSSR count). The van der Waals surface area contributed by atoms with Crippen LogP contribution in [0.2, 0.25) is 0 Å². The summed E-state index contributed by atoms with van der Waals surface area (Å²) >= 11 is 0. The third kappa shape index (κ3) is 3.69. The van der Waals surface area contributed by atoms with Crippen LogP contribution in [-0.4, -0.2) is 27.4 Å². The molecule has 5 nitrogen and oxygen atoms in total. The number of hydrogen-bond acceptors (Lipinski definition) is 3. The second-order valence-electron chi connectivity index (χ2n) is 3.79. The smallest absolute Gasteiger partial charge is 0.472 e. The van der Waals surface area contributed by atoms with Gasteiger partial charge in [-0.1, -0.05) is 18.2 Å². The normalized spacial score (nSPS) is 11.2. The molecule has 0 aromatic heterocycles. The van der Waals surface area contributed by atoms with E-state index in [4.69, 9.17) is 10.6 Å². The van der Waals surface area contributed by atoms with Crippen molar-refractivity contribution in [3.63, 3.8) is 0 Å². The van der Waals surface area contributed by atoms with E-state index >= 15 is 0 Å². The van der Waals surface area contributed by atoms with Gasteiger partial charge in [-0.2, -0.15) is 0 Å². The van der Waals surface area contributed by atoms with Crippen LogP contribution < -0.4 is 0 Å². The van der Waals surface area contributed by atoms with Crippen molar-refractivity contribution in [1.82, 2.24) is 0 Å². The molecule has 0 aliphatic rings. The van der Waals surface area contributed by atoms with E-state index in [2.05, 4.69) is 11.4 Å². The lowest BCUT2D eigenvalue weighted by Gasteiger charge is -2.10. The Kier molecular flexibility index (Phi) is 4.85. The number of carboxylic acid groups (broad SMARTS) is 1. The molecule has 1 atom stereocenters. The van der Waals surface area contributed by atoms with Gasteiger partial charge in [-0.05, 0) is 17.7 Å². The number of carboxylic acids is 1. The maximum Gasteiger partial charge on any atom is 0.490 e. The summed E-state index contributed by atoms with van der Waals surface area (Å²) in [6, 6.07) is 5.61. The second-order valence-corrected chi connectivity index (χ2v) is 3.79. The molecule has 0 saturated heterocycles. The molecule has 98 valence electrons. The number of rotatable bonds is 6. The monoisotopic (exact) mass is 263 g/mol. The molecule has 0 heterocycles. The first-order chi connectivity index (χ1) is 8.99. The van der Waals surface area contributed by atoms with Gasteiger partial charge in [-0.15, -0.1) is 6.58 Å². The number of aliphatic carboxylic acids is 1. The van der Waals surface area contributed by atoms with E-state index in [0.717, 1.165) is 0 Å². The van der Waals surface area contributed by atoms with Gasteiger partial charge in [0.2, 0.25) is 0 Å². The molecule has 1 aromatic rings. The van der Waals surface area contributed by atoms with E-state index in [1.54, 1.807) is 6.07 Å². The molecule has 0 radical (unpaired) electrons. The highest BCUT2D eigenvalue weighted by molar-refractivity contribution is 6.61. The molecule has 0 saturated carbocycles. The Morgan fingerprint density at radius 2 is 2.21 bits per heavy atom. The summed E-state index contributed by atoms with van der Waals surface area (Å²) in [7, 11) is 0. The zero-order valence-electron chi connectivity index (χ0n) is 9.97. The quantitative estimate of drug-likeness (QED) is 0.269. The van der Waals surface area contributed by atoms with E-state index in [0.29, 0.717) is 5.56 Å². The van der Waals surface area contributed by atoms with E-state index in [1.807, 2.05) is 0 Å². The number of carbonyl (C=O) groups is 2. The van der Waals surface area contributed by atoms with Crippen LogP contribution in [0.4, 0.5) is 4.39 Å². The van der Waals surface area contributed by atoms with Gasteiger partial charge in [0.05, 0.1) is 10.3 Å². The highest BCUT2D eigenvalue weighted by Gasteiger charge is 2.33. The molecule has 0 amide bonds. The molecule has 0 aliphatic carbocycles. The molecule has 0 aliphatic heterocycles. The second kappa shape index (κ2) is 6.37. The summed E-state index contributed by atoms with van der Waals surface area (Å²) in [6.07, 6.45) is 1.20. The zero-order valence-corrected chi connectivity index (χ0v) is 9.97. The molecular formula is C13H12FN2O3+. The predicted octanol–water partition coefficient (Wildman–Crippen LogP) is 1.82. The van der Waals surface area contributed by atoms with E-state index in [9.17, 15) is 14.0 Å². The van der Waals surface area contributed by atoms with Crippen molar-refractivity contribution >= 4 is 17.5 Å². The summed E-state index contributed by atoms with van der Waals surface area (Å²) in [4.78, 5) is 25.0. The van der Waals surface area contributed by atoms with Gasteiger partial charge in [-0.25, -0.2) is 9.18 Å². The molecule has 19 heavy (non-hydrogen) atoms. The van der Waals surface area contributed by atoms with Crippen LogP contribution in [0.1, 0.15) is 17.9 Å². The first kappa shape index (κ1) is 14.5.